The lowest BCUT2D eigenvalue weighted by Gasteiger charge is -2.13. The molecule has 0 fully saturated rings. The fourth-order valence-electron chi connectivity index (χ4n) is 1.35. The highest BCUT2D eigenvalue weighted by Gasteiger charge is 2.15. The van der Waals surface area contributed by atoms with Crippen LogP contribution < -0.4 is 11.1 Å². The van der Waals surface area contributed by atoms with Gasteiger partial charge < -0.3 is 15.8 Å². The Morgan fingerprint density at radius 1 is 1.47 bits per heavy atom. The summed E-state index contributed by atoms with van der Waals surface area (Å²) in [6, 6.07) is 1.31. The van der Waals surface area contributed by atoms with Crippen molar-refractivity contribution >= 4 is 11.6 Å². The molecular weight excluding hydrogens is 230 g/mol. The Hall–Kier alpha value is -1.69. The van der Waals surface area contributed by atoms with Crippen molar-refractivity contribution in [1.82, 2.24) is 5.32 Å². The van der Waals surface area contributed by atoms with Crippen LogP contribution in [-0.4, -0.2) is 25.7 Å². The number of amides is 1. The van der Waals surface area contributed by atoms with Crippen LogP contribution in [0.2, 0.25) is 0 Å². The smallest absolute Gasteiger partial charge is 0.253 e. The maximum absolute atomic E-state index is 13.0. The van der Waals surface area contributed by atoms with Crippen molar-refractivity contribution in [1.29, 1.82) is 0 Å². The van der Waals surface area contributed by atoms with Gasteiger partial charge in [0.05, 0.1) is 12.2 Å². The van der Waals surface area contributed by atoms with Crippen molar-refractivity contribution in [2.24, 2.45) is 0 Å². The van der Waals surface area contributed by atoms with Gasteiger partial charge in [-0.3, -0.25) is 4.79 Å². The first-order chi connectivity index (χ1) is 7.95. The van der Waals surface area contributed by atoms with Gasteiger partial charge in [0.1, 0.15) is 0 Å². The van der Waals surface area contributed by atoms with Gasteiger partial charge in [0.15, 0.2) is 11.6 Å². The molecule has 3 N–H and O–H groups in total. The SMILES string of the molecule is COCC(C)NC(=O)c1cc(F)c(F)cc1N. The van der Waals surface area contributed by atoms with E-state index in [9.17, 15) is 13.6 Å². The summed E-state index contributed by atoms with van der Waals surface area (Å²) in [5.74, 6) is -2.75. The third kappa shape index (κ3) is 3.39. The molecule has 1 rings (SSSR count). The number of hydrogen-bond donors (Lipinski definition) is 2. The van der Waals surface area contributed by atoms with Crippen molar-refractivity contribution in [2.75, 3.05) is 19.5 Å². The first-order valence-corrected chi connectivity index (χ1v) is 5.00. The van der Waals surface area contributed by atoms with Gasteiger partial charge in [0.25, 0.3) is 5.91 Å². The van der Waals surface area contributed by atoms with Crippen molar-refractivity contribution in [3.05, 3.63) is 29.3 Å². The molecule has 0 saturated carbocycles. The normalized spacial score (nSPS) is 12.2. The van der Waals surface area contributed by atoms with Gasteiger partial charge >= 0.3 is 0 Å². The summed E-state index contributed by atoms with van der Waals surface area (Å²) in [5, 5.41) is 2.55. The maximum atomic E-state index is 13.0. The van der Waals surface area contributed by atoms with Gasteiger partial charge in [-0.1, -0.05) is 0 Å². The van der Waals surface area contributed by atoms with Crippen LogP contribution in [0.25, 0.3) is 0 Å². The predicted molar refractivity (Wildman–Crippen MR) is 59.6 cm³/mol. The largest absolute Gasteiger partial charge is 0.398 e. The highest BCUT2D eigenvalue weighted by Crippen LogP contribution is 2.16. The number of nitrogens with two attached hydrogens (primary N) is 1. The topological polar surface area (TPSA) is 64.3 Å². The van der Waals surface area contributed by atoms with Gasteiger partial charge in [0.2, 0.25) is 0 Å². The Morgan fingerprint density at radius 2 is 2.06 bits per heavy atom. The Balaban J connectivity index is 2.86. The molecule has 1 atom stereocenters. The van der Waals surface area contributed by atoms with Crippen molar-refractivity contribution < 1.29 is 18.3 Å². The van der Waals surface area contributed by atoms with E-state index in [0.717, 1.165) is 12.1 Å². The van der Waals surface area contributed by atoms with Crippen LogP contribution in [0.15, 0.2) is 12.1 Å². The molecule has 0 aliphatic rings. The van der Waals surface area contributed by atoms with Gasteiger partial charge in [-0.05, 0) is 13.0 Å². The lowest BCUT2D eigenvalue weighted by Crippen LogP contribution is -2.36. The summed E-state index contributed by atoms with van der Waals surface area (Å²) in [4.78, 5) is 11.7. The zero-order valence-electron chi connectivity index (χ0n) is 9.59. The molecular formula is C11H14F2N2O2. The zero-order chi connectivity index (χ0) is 13.0. The lowest BCUT2D eigenvalue weighted by molar-refractivity contribution is 0.0906. The van der Waals surface area contributed by atoms with Crippen LogP contribution in [0.3, 0.4) is 0 Å². The second kappa shape index (κ2) is 5.58. The molecule has 17 heavy (non-hydrogen) atoms. The number of ether oxygens (including phenoxy) is 1. The van der Waals surface area contributed by atoms with Crippen LogP contribution in [0.4, 0.5) is 14.5 Å². The van der Waals surface area contributed by atoms with Crippen molar-refractivity contribution in [2.45, 2.75) is 13.0 Å². The van der Waals surface area contributed by atoms with E-state index < -0.39 is 17.5 Å². The van der Waals surface area contributed by atoms with Crippen LogP contribution in [0.5, 0.6) is 0 Å². The fraction of sp³-hybridized carbons (Fsp3) is 0.364. The molecule has 0 spiro atoms. The van der Waals surface area contributed by atoms with Crippen LogP contribution in [0.1, 0.15) is 17.3 Å². The minimum Gasteiger partial charge on any atom is -0.398 e. The first-order valence-electron chi connectivity index (χ1n) is 5.00. The van der Waals surface area contributed by atoms with E-state index in [-0.39, 0.29) is 17.3 Å². The molecule has 94 valence electrons. The highest BCUT2D eigenvalue weighted by atomic mass is 19.2. The first kappa shape index (κ1) is 13.4. The monoisotopic (exact) mass is 244 g/mol. The number of anilines is 1. The molecule has 0 radical (unpaired) electrons. The number of nitrogen functional groups attached to an aromatic ring is 1. The molecule has 0 heterocycles. The van der Waals surface area contributed by atoms with Crippen LogP contribution in [0, 0.1) is 11.6 Å². The van der Waals surface area contributed by atoms with Gasteiger partial charge in [-0.2, -0.15) is 0 Å². The molecule has 0 aromatic heterocycles. The predicted octanol–water partition coefficient (Wildman–Crippen LogP) is 1.31. The third-order valence-electron chi connectivity index (χ3n) is 2.13. The highest BCUT2D eigenvalue weighted by molar-refractivity contribution is 5.99. The number of benzene rings is 1. The zero-order valence-corrected chi connectivity index (χ0v) is 9.59. The Morgan fingerprint density at radius 3 is 2.65 bits per heavy atom. The average molecular weight is 244 g/mol. The van der Waals surface area contributed by atoms with Crippen molar-refractivity contribution in [3.63, 3.8) is 0 Å². The number of methoxy groups -OCH3 is 1. The Bertz CT molecular complexity index is 424. The summed E-state index contributed by atoms with van der Waals surface area (Å²) in [6.07, 6.45) is 0. The standard InChI is InChI=1S/C11H14F2N2O2/c1-6(5-17-2)15-11(16)7-3-8(12)9(13)4-10(7)14/h3-4,6H,5,14H2,1-2H3,(H,15,16). The summed E-state index contributed by atoms with van der Waals surface area (Å²) < 4.78 is 30.6. The second-order valence-corrected chi connectivity index (χ2v) is 3.68. The van der Waals surface area contributed by atoms with Gasteiger partial charge in [-0.25, -0.2) is 8.78 Å². The molecule has 4 nitrogen and oxygen atoms in total. The fourth-order valence-corrected chi connectivity index (χ4v) is 1.35. The van der Waals surface area contributed by atoms with Crippen molar-refractivity contribution in [3.8, 4) is 0 Å². The number of nitrogens with one attached hydrogen (secondary N) is 1. The summed E-state index contributed by atoms with van der Waals surface area (Å²) in [6.45, 7) is 2.03. The summed E-state index contributed by atoms with van der Waals surface area (Å²) in [7, 11) is 1.49. The molecule has 1 aromatic carbocycles. The van der Waals surface area contributed by atoms with Crippen LogP contribution >= 0.6 is 0 Å². The molecule has 0 bridgehead atoms. The maximum Gasteiger partial charge on any atom is 0.253 e. The number of hydrogen-bond acceptors (Lipinski definition) is 3. The number of carbonyl (C=O) groups excluding carboxylic acids is 1. The van der Waals surface area contributed by atoms with E-state index in [1.54, 1.807) is 6.92 Å². The average Bonchev–Trinajstić information content (AvgIpc) is 2.23. The lowest BCUT2D eigenvalue weighted by atomic mass is 10.1. The molecule has 0 saturated heterocycles. The van der Waals surface area contributed by atoms with E-state index >= 15 is 0 Å². The molecule has 0 aliphatic heterocycles. The van der Waals surface area contributed by atoms with Crippen LogP contribution in [-0.2, 0) is 4.74 Å². The molecule has 6 heteroatoms. The van der Waals surface area contributed by atoms with E-state index in [2.05, 4.69) is 5.32 Å². The summed E-state index contributed by atoms with van der Waals surface area (Å²) in [5.41, 5.74) is 5.25. The van der Waals surface area contributed by atoms with E-state index in [1.807, 2.05) is 0 Å². The van der Waals surface area contributed by atoms with Gasteiger partial charge in [-0.15, -0.1) is 0 Å². The molecule has 1 aromatic rings. The molecule has 1 unspecified atom stereocenters. The molecule has 0 aliphatic carbocycles. The van der Waals surface area contributed by atoms with E-state index in [4.69, 9.17) is 10.5 Å². The number of rotatable bonds is 4. The van der Waals surface area contributed by atoms with E-state index in [1.165, 1.54) is 7.11 Å². The molecule has 1 amide bonds. The van der Waals surface area contributed by atoms with E-state index in [0.29, 0.717) is 6.61 Å². The quantitative estimate of drug-likeness (QED) is 0.785. The summed E-state index contributed by atoms with van der Waals surface area (Å²) >= 11 is 0. The Kier molecular flexibility index (Phi) is 4.39. The van der Waals surface area contributed by atoms with Gasteiger partial charge in [0, 0.05) is 24.9 Å². The Labute approximate surface area is 97.8 Å². The minimum atomic E-state index is -1.11. The second-order valence-electron chi connectivity index (χ2n) is 3.68. The minimum absolute atomic E-state index is 0.0909. The number of carbonyl (C=O) groups is 1. The number of halogens is 2. The third-order valence-corrected chi connectivity index (χ3v) is 2.13.